The van der Waals surface area contributed by atoms with Crippen molar-refractivity contribution in [2.75, 3.05) is 25.0 Å². The van der Waals surface area contributed by atoms with E-state index in [1.165, 1.54) is 37.7 Å². The molecule has 1 saturated carbocycles. The van der Waals surface area contributed by atoms with Gasteiger partial charge >= 0.3 is 0 Å². The number of anilines is 1. The summed E-state index contributed by atoms with van der Waals surface area (Å²) in [6, 6.07) is 14.1. The van der Waals surface area contributed by atoms with Crippen molar-refractivity contribution in [3.05, 3.63) is 64.2 Å². The number of halogens is 1. The molecule has 1 aliphatic carbocycles. The number of likely N-dealkylation sites (tertiary alicyclic amines) is 1. The molecule has 0 unspecified atom stereocenters. The Labute approximate surface area is 231 Å². The van der Waals surface area contributed by atoms with Gasteiger partial charge in [0, 0.05) is 56.3 Å². The second-order valence-electron chi connectivity index (χ2n) is 9.73. The van der Waals surface area contributed by atoms with Gasteiger partial charge in [0.25, 0.3) is 5.91 Å². The summed E-state index contributed by atoms with van der Waals surface area (Å²) in [7, 11) is 0. The maximum Gasteiger partial charge on any atom is 0.285 e. The van der Waals surface area contributed by atoms with Crippen LogP contribution in [0.15, 0.2) is 42.5 Å². The number of quaternary nitrogens is 1. The number of aryl methyl sites for hydroxylation is 3. The Morgan fingerprint density at radius 3 is 1.88 bits per heavy atom. The van der Waals surface area contributed by atoms with E-state index >= 15 is 0 Å². The van der Waals surface area contributed by atoms with Crippen LogP contribution in [0.3, 0.4) is 0 Å². The van der Waals surface area contributed by atoms with Crippen LogP contribution >= 0.6 is 11.6 Å². The van der Waals surface area contributed by atoms with Crippen LogP contribution in [0.2, 0.25) is 5.02 Å². The number of likely N-dealkylation sites (N-methyl/N-ethyl adjacent to an activating group) is 1. The largest absolute Gasteiger partial charge is 0.320 e. The van der Waals surface area contributed by atoms with Crippen molar-refractivity contribution in [2.24, 2.45) is 0 Å². The normalized spacial score (nSPS) is 18.5. The maximum absolute atomic E-state index is 13.5. The molecule has 2 fully saturated rings. The zero-order valence-corrected chi connectivity index (χ0v) is 24.5. The first-order chi connectivity index (χ1) is 15.3. The van der Waals surface area contributed by atoms with Gasteiger partial charge in [-0.2, -0.15) is 0 Å². The number of carbonyl (C=O) groups excluding carboxylic acids is 1. The first kappa shape index (κ1) is 28.5. The third-order valence-corrected chi connectivity index (χ3v) is 7.93. The van der Waals surface area contributed by atoms with Crippen molar-refractivity contribution < 1.29 is 42.0 Å². The number of nitrogens with one attached hydrogen (secondary N) is 1. The molecular formula is C28H40ClN2OY+. The van der Waals surface area contributed by atoms with E-state index in [1.807, 2.05) is 44.2 Å². The predicted octanol–water partition coefficient (Wildman–Crippen LogP) is 7.22. The fraction of sp³-hybridized carbons (Fsp3) is 0.536. The first-order valence-electron chi connectivity index (χ1n) is 12.3. The van der Waals surface area contributed by atoms with E-state index in [1.54, 1.807) is 0 Å². The van der Waals surface area contributed by atoms with Gasteiger partial charge in [-0.15, -0.1) is 0 Å². The van der Waals surface area contributed by atoms with Gasteiger partial charge in [-0.1, -0.05) is 47.5 Å². The quantitative estimate of drug-likeness (QED) is 0.405. The first-order valence-corrected chi connectivity index (χ1v) is 12.7. The van der Waals surface area contributed by atoms with Crippen molar-refractivity contribution in [1.29, 1.82) is 0 Å². The van der Waals surface area contributed by atoms with Gasteiger partial charge in [-0.25, -0.2) is 0 Å². The summed E-state index contributed by atoms with van der Waals surface area (Å²) in [5, 5.41) is 4.04. The molecule has 0 atom stereocenters. The molecule has 4 rings (SSSR count). The molecule has 2 aliphatic rings. The minimum Gasteiger partial charge on any atom is -0.320 e. The minimum atomic E-state index is -0.225. The van der Waals surface area contributed by atoms with Crippen molar-refractivity contribution in [3.8, 4) is 0 Å². The van der Waals surface area contributed by atoms with Crippen LogP contribution < -0.4 is 5.32 Å². The van der Waals surface area contributed by atoms with Crippen LogP contribution in [-0.4, -0.2) is 35.6 Å². The Kier molecular flexibility index (Phi) is 11.1. The summed E-state index contributed by atoms with van der Waals surface area (Å²) in [5.74, 6) is 0.232. The van der Waals surface area contributed by atoms with Crippen molar-refractivity contribution in [1.82, 2.24) is 0 Å². The van der Waals surface area contributed by atoms with Gasteiger partial charge < -0.3 is 9.80 Å². The molecule has 0 spiro atoms. The SMILES string of the molecule is CC[N+]1(C2(C(=O)Nc3c(C)cc(Cl)cc3C)CCC2)CCCCCC1.Cc1ccccc1.[Y]. The van der Waals surface area contributed by atoms with Gasteiger partial charge in [0.1, 0.15) is 0 Å². The van der Waals surface area contributed by atoms with Crippen molar-refractivity contribution in [3.63, 3.8) is 0 Å². The van der Waals surface area contributed by atoms with Gasteiger partial charge in [0.15, 0.2) is 5.54 Å². The molecule has 1 N–H and O–H groups in total. The summed E-state index contributed by atoms with van der Waals surface area (Å²) in [4.78, 5) is 13.5. The fourth-order valence-electron chi connectivity index (χ4n) is 5.64. The molecule has 3 nitrogen and oxygen atoms in total. The summed E-state index contributed by atoms with van der Waals surface area (Å²) < 4.78 is 0.991. The van der Waals surface area contributed by atoms with E-state index < -0.39 is 0 Å². The van der Waals surface area contributed by atoms with Crippen LogP contribution in [0, 0.1) is 20.8 Å². The molecular weight excluding hydrogens is 505 g/mol. The van der Waals surface area contributed by atoms with Crippen LogP contribution in [-0.2, 0) is 37.5 Å². The molecule has 33 heavy (non-hydrogen) atoms. The molecule has 0 aromatic heterocycles. The third-order valence-electron chi connectivity index (χ3n) is 7.72. The Hall–Kier alpha value is -0.736. The minimum absolute atomic E-state index is 0. The standard InChI is InChI=1S/C21H31ClN2O.C7H8.Y/c1-4-24(12-7-5-6-8-13-24)21(10-9-11-21)20(25)23-19-16(2)14-18(22)15-17(19)3;1-7-5-3-2-4-6-7;/h14-15H,4-13H2,1-3H3;2-6H,1H3;/p+1. The third kappa shape index (κ3) is 6.48. The molecule has 2 aromatic carbocycles. The summed E-state index contributed by atoms with van der Waals surface area (Å²) in [6.07, 6.45) is 8.35. The molecule has 1 saturated heterocycles. The molecule has 2 aromatic rings. The summed E-state index contributed by atoms with van der Waals surface area (Å²) >= 11 is 6.16. The maximum atomic E-state index is 13.5. The van der Waals surface area contributed by atoms with E-state index in [0.29, 0.717) is 0 Å². The molecule has 1 heterocycles. The monoisotopic (exact) mass is 544 g/mol. The number of carbonyl (C=O) groups is 1. The number of amides is 1. The molecule has 1 amide bonds. The van der Waals surface area contributed by atoms with Crippen molar-refractivity contribution >= 4 is 23.2 Å². The van der Waals surface area contributed by atoms with Gasteiger partial charge in [0.05, 0.1) is 19.6 Å². The smallest absolute Gasteiger partial charge is 0.285 e. The Bertz CT molecular complexity index is 880. The van der Waals surface area contributed by atoms with Gasteiger partial charge in [-0.3, -0.25) is 4.79 Å². The zero-order chi connectivity index (χ0) is 23.2. The number of nitrogens with zero attached hydrogens (tertiary/aromatic N) is 1. The molecule has 5 heteroatoms. The molecule has 0 bridgehead atoms. The zero-order valence-electron chi connectivity index (χ0n) is 20.9. The average molecular weight is 545 g/mol. The van der Waals surface area contributed by atoms with Crippen molar-refractivity contribution in [2.45, 2.75) is 78.2 Å². The number of hydrogen-bond donors (Lipinski definition) is 1. The summed E-state index contributed by atoms with van der Waals surface area (Å²) in [6.45, 7) is 11.8. The average Bonchev–Trinajstić information content (AvgIpc) is 2.98. The molecule has 1 aliphatic heterocycles. The van der Waals surface area contributed by atoms with Gasteiger partial charge in [-0.05, 0) is 83.1 Å². The van der Waals surface area contributed by atoms with E-state index in [4.69, 9.17) is 11.6 Å². The Morgan fingerprint density at radius 1 is 0.939 bits per heavy atom. The van der Waals surface area contributed by atoms with E-state index in [9.17, 15) is 4.79 Å². The van der Waals surface area contributed by atoms with Crippen LogP contribution in [0.5, 0.6) is 0 Å². The molecule has 1 radical (unpaired) electrons. The number of rotatable bonds is 4. The summed E-state index contributed by atoms with van der Waals surface area (Å²) in [5.41, 5.74) is 4.14. The second-order valence-corrected chi connectivity index (χ2v) is 10.2. The van der Waals surface area contributed by atoms with Crippen LogP contribution in [0.1, 0.15) is 68.6 Å². The predicted molar refractivity (Wildman–Crippen MR) is 136 cm³/mol. The van der Waals surface area contributed by atoms with Crippen LogP contribution in [0.25, 0.3) is 0 Å². The van der Waals surface area contributed by atoms with Crippen LogP contribution in [0.4, 0.5) is 5.69 Å². The van der Waals surface area contributed by atoms with E-state index in [0.717, 1.165) is 58.8 Å². The van der Waals surface area contributed by atoms with E-state index in [2.05, 4.69) is 31.3 Å². The Balaban J connectivity index is 0.000000413. The van der Waals surface area contributed by atoms with E-state index in [-0.39, 0.29) is 44.2 Å². The number of hydrogen-bond acceptors (Lipinski definition) is 1. The second kappa shape index (κ2) is 12.8. The Morgan fingerprint density at radius 2 is 1.48 bits per heavy atom. The number of benzene rings is 2. The topological polar surface area (TPSA) is 29.1 Å². The molecule has 177 valence electrons. The van der Waals surface area contributed by atoms with Gasteiger partial charge in [0.2, 0.25) is 0 Å². The fourth-order valence-corrected chi connectivity index (χ4v) is 5.97.